The fourth-order valence-corrected chi connectivity index (χ4v) is 2.51. The van der Waals surface area contributed by atoms with Crippen LogP contribution in [0.15, 0.2) is 65.4 Å². The summed E-state index contributed by atoms with van der Waals surface area (Å²) >= 11 is 3.42. The molecular formula is C18H16BrN3O3. The standard InChI is InChI=1S/C18H16BrN3O3/c19-14-3-1-2-4-16(14)25-18-9-17(21-11-22-18)20-10-15(24)12-5-7-13(23)8-6-12/h1-9,11,15,23-24H,10H2,(H,20,21,22). The minimum atomic E-state index is -0.733. The SMILES string of the molecule is Oc1ccc(C(O)CNc2cc(Oc3ccccc3Br)ncn2)cc1. The van der Waals surface area contributed by atoms with Crippen molar-refractivity contribution in [1.29, 1.82) is 0 Å². The number of nitrogens with one attached hydrogen (secondary N) is 1. The number of ether oxygens (including phenoxy) is 1. The van der Waals surface area contributed by atoms with Gasteiger partial charge in [0, 0.05) is 12.6 Å². The number of aliphatic hydroxyl groups is 1. The van der Waals surface area contributed by atoms with E-state index < -0.39 is 6.10 Å². The molecule has 0 saturated heterocycles. The summed E-state index contributed by atoms with van der Waals surface area (Å²) < 4.78 is 6.55. The van der Waals surface area contributed by atoms with Crippen LogP contribution in [-0.2, 0) is 0 Å². The van der Waals surface area contributed by atoms with Crippen molar-refractivity contribution in [3.63, 3.8) is 0 Å². The predicted molar refractivity (Wildman–Crippen MR) is 97.8 cm³/mol. The molecule has 0 fully saturated rings. The van der Waals surface area contributed by atoms with Crippen LogP contribution in [0, 0.1) is 0 Å². The van der Waals surface area contributed by atoms with Crippen LogP contribution < -0.4 is 10.1 Å². The molecule has 2 aromatic carbocycles. The van der Waals surface area contributed by atoms with E-state index in [0.29, 0.717) is 23.0 Å². The number of aliphatic hydroxyl groups excluding tert-OH is 1. The highest BCUT2D eigenvalue weighted by Gasteiger charge is 2.09. The Balaban J connectivity index is 1.63. The van der Waals surface area contributed by atoms with E-state index in [9.17, 15) is 10.2 Å². The van der Waals surface area contributed by atoms with E-state index in [1.54, 1.807) is 18.2 Å². The van der Waals surface area contributed by atoms with Crippen molar-refractivity contribution >= 4 is 21.7 Å². The summed E-state index contributed by atoms with van der Waals surface area (Å²) in [5, 5.41) is 22.5. The molecule has 0 saturated carbocycles. The first-order valence-corrected chi connectivity index (χ1v) is 8.36. The molecule has 3 rings (SSSR count). The molecule has 1 unspecified atom stereocenters. The largest absolute Gasteiger partial charge is 0.508 e. The van der Waals surface area contributed by atoms with Crippen LogP contribution in [0.2, 0.25) is 0 Å². The fraction of sp³-hybridized carbons (Fsp3) is 0.111. The molecule has 7 heteroatoms. The molecule has 3 N–H and O–H groups in total. The van der Waals surface area contributed by atoms with Crippen molar-refractivity contribution in [2.45, 2.75) is 6.10 Å². The maximum atomic E-state index is 10.2. The van der Waals surface area contributed by atoms with Crippen LogP contribution in [0.4, 0.5) is 5.82 Å². The molecule has 128 valence electrons. The Morgan fingerprint density at radius 3 is 2.60 bits per heavy atom. The topological polar surface area (TPSA) is 87.5 Å². The van der Waals surface area contributed by atoms with Gasteiger partial charge in [-0.2, -0.15) is 0 Å². The first-order chi connectivity index (χ1) is 12.1. The van der Waals surface area contributed by atoms with Crippen molar-refractivity contribution in [2.24, 2.45) is 0 Å². The Labute approximate surface area is 153 Å². The molecule has 3 aromatic rings. The van der Waals surface area contributed by atoms with Gasteiger partial charge < -0.3 is 20.3 Å². The molecule has 0 spiro atoms. The molecule has 0 amide bonds. The third-order valence-corrected chi connectivity index (χ3v) is 4.10. The highest BCUT2D eigenvalue weighted by Crippen LogP contribution is 2.28. The smallest absolute Gasteiger partial charge is 0.224 e. The molecule has 0 aliphatic carbocycles. The highest BCUT2D eigenvalue weighted by atomic mass is 79.9. The average molecular weight is 402 g/mol. The molecule has 0 aliphatic heterocycles. The van der Waals surface area contributed by atoms with Gasteiger partial charge in [-0.25, -0.2) is 9.97 Å². The molecule has 0 bridgehead atoms. The number of benzene rings is 2. The van der Waals surface area contributed by atoms with Gasteiger partial charge >= 0.3 is 0 Å². The summed E-state index contributed by atoms with van der Waals surface area (Å²) in [4.78, 5) is 8.20. The Hall–Kier alpha value is -2.64. The van der Waals surface area contributed by atoms with Crippen molar-refractivity contribution in [2.75, 3.05) is 11.9 Å². The van der Waals surface area contributed by atoms with Gasteiger partial charge in [-0.3, -0.25) is 0 Å². The molecule has 1 atom stereocenters. The zero-order valence-electron chi connectivity index (χ0n) is 13.1. The van der Waals surface area contributed by atoms with E-state index in [2.05, 4.69) is 31.2 Å². The van der Waals surface area contributed by atoms with E-state index in [1.165, 1.54) is 18.5 Å². The lowest BCUT2D eigenvalue weighted by molar-refractivity contribution is 0.191. The Morgan fingerprint density at radius 2 is 1.84 bits per heavy atom. The maximum Gasteiger partial charge on any atom is 0.224 e. The van der Waals surface area contributed by atoms with Crippen molar-refractivity contribution in [1.82, 2.24) is 9.97 Å². The van der Waals surface area contributed by atoms with Gasteiger partial charge in [0.05, 0.1) is 10.6 Å². The fourth-order valence-electron chi connectivity index (χ4n) is 2.15. The third-order valence-electron chi connectivity index (χ3n) is 3.45. The quantitative estimate of drug-likeness (QED) is 0.580. The predicted octanol–water partition coefficient (Wildman–Crippen LogP) is 3.88. The van der Waals surface area contributed by atoms with Crippen LogP contribution in [0.1, 0.15) is 11.7 Å². The number of phenols is 1. The van der Waals surface area contributed by atoms with Crippen LogP contribution in [0.3, 0.4) is 0 Å². The highest BCUT2D eigenvalue weighted by molar-refractivity contribution is 9.10. The summed E-state index contributed by atoms with van der Waals surface area (Å²) in [7, 11) is 0. The second kappa shape index (κ2) is 7.96. The number of halogens is 1. The second-order valence-corrected chi connectivity index (χ2v) is 6.12. The molecule has 25 heavy (non-hydrogen) atoms. The lowest BCUT2D eigenvalue weighted by Gasteiger charge is -2.13. The average Bonchev–Trinajstić information content (AvgIpc) is 2.63. The molecule has 1 aromatic heterocycles. The summed E-state index contributed by atoms with van der Waals surface area (Å²) in [6.45, 7) is 0.260. The summed E-state index contributed by atoms with van der Waals surface area (Å²) in [5.74, 6) is 1.74. The number of hydrogen-bond acceptors (Lipinski definition) is 6. The van der Waals surface area contributed by atoms with Gasteiger partial charge in [0.2, 0.25) is 5.88 Å². The number of rotatable bonds is 6. The number of anilines is 1. The Morgan fingerprint density at radius 1 is 1.08 bits per heavy atom. The van der Waals surface area contributed by atoms with Gasteiger partial charge in [0.25, 0.3) is 0 Å². The van der Waals surface area contributed by atoms with E-state index in [-0.39, 0.29) is 12.3 Å². The molecular weight excluding hydrogens is 386 g/mol. The zero-order chi connectivity index (χ0) is 17.6. The summed E-state index contributed by atoms with van der Waals surface area (Å²) in [6, 6.07) is 15.5. The number of hydrogen-bond donors (Lipinski definition) is 3. The third kappa shape index (κ3) is 4.68. The number of aromatic nitrogens is 2. The van der Waals surface area contributed by atoms with Gasteiger partial charge in [0.15, 0.2) is 0 Å². The lowest BCUT2D eigenvalue weighted by Crippen LogP contribution is -2.13. The van der Waals surface area contributed by atoms with Gasteiger partial charge in [0.1, 0.15) is 23.6 Å². The van der Waals surface area contributed by atoms with Crippen LogP contribution in [-0.4, -0.2) is 26.7 Å². The monoisotopic (exact) mass is 401 g/mol. The zero-order valence-corrected chi connectivity index (χ0v) is 14.7. The molecule has 0 radical (unpaired) electrons. The molecule has 1 heterocycles. The molecule has 0 aliphatic rings. The van der Waals surface area contributed by atoms with Gasteiger partial charge in [-0.05, 0) is 45.8 Å². The minimum absolute atomic E-state index is 0.161. The van der Waals surface area contributed by atoms with Crippen LogP contribution in [0.5, 0.6) is 17.4 Å². The number of aromatic hydroxyl groups is 1. The Bertz CT molecular complexity index is 843. The summed E-state index contributed by atoms with van der Waals surface area (Å²) in [5.41, 5.74) is 0.698. The van der Waals surface area contributed by atoms with E-state index in [1.807, 2.05) is 24.3 Å². The van der Waals surface area contributed by atoms with E-state index in [4.69, 9.17) is 4.74 Å². The second-order valence-electron chi connectivity index (χ2n) is 5.26. The normalized spacial score (nSPS) is 11.8. The van der Waals surface area contributed by atoms with Crippen LogP contribution in [0.25, 0.3) is 0 Å². The number of para-hydroxylation sites is 1. The van der Waals surface area contributed by atoms with Crippen LogP contribution >= 0.6 is 15.9 Å². The first kappa shape index (κ1) is 17.2. The first-order valence-electron chi connectivity index (χ1n) is 7.57. The van der Waals surface area contributed by atoms with E-state index >= 15 is 0 Å². The van der Waals surface area contributed by atoms with Crippen molar-refractivity contribution in [3.05, 3.63) is 71.0 Å². The van der Waals surface area contributed by atoms with Gasteiger partial charge in [-0.1, -0.05) is 24.3 Å². The maximum absolute atomic E-state index is 10.2. The number of nitrogens with zero attached hydrogens (tertiary/aromatic N) is 2. The van der Waals surface area contributed by atoms with E-state index in [0.717, 1.165) is 4.47 Å². The van der Waals surface area contributed by atoms with Gasteiger partial charge in [-0.15, -0.1) is 0 Å². The number of phenolic OH excluding ortho intramolecular Hbond substituents is 1. The van der Waals surface area contributed by atoms with Crippen molar-refractivity contribution < 1.29 is 14.9 Å². The summed E-state index contributed by atoms with van der Waals surface area (Å²) in [6.07, 6.45) is 0.657. The van der Waals surface area contributed by atoms with Crippen molar-refractivity contribution in [3.8, 4) is 17.4 Å². The Kier molecular flexibility index (Phi) is 5.47. The minimum Gasteiger partial charge on any atom is -0.508 e. The lowest BCUT2D eigenvalue weighted by atomic mass is 10.1. The molecule has 6 nitrogen and oxygen atoms in total.